The van der Waals surface area contributed by atoms with E-state index in [1.807, 2.05) is 0 Å². The summed E-state index contributed by atoms with van der Waals surface area (Å²) in [5.74, 6) is 0. The van der Waals surface area contributed by atoms with E-state index in [9.17, 15) is 0 Å². The van der Waals surface area contributed by atoms with Crippen LogP contribution in [0, 0.1) is 31.1 Å². The maximum atomic E-state index is 7.53. The predicted octanol–water partition coefficient (Wildman–Crippen LogP) is -2.38. The van der Waals surface area contributed by atoms with Crippen LogP contribution in [0.3, 0.4) is 0 Å². The van der Waals surface area contributed by atoms with Crippen LogP contribution in [0.25, 0.3) is 0 Å². The molecule has 4 heteroatoms. The summed E-state index contributed by atoms with van der Waals surface area (Å²) in [5.41, 5.74) is 4.36. The van der Waals surface area contributed by atoms with Crippen molar-refractivity contribution in [1.29, 1.82) is 0 Å². The molecule has 0 atom stereocenters. The van der Waals surface area contributed by atoms with Crippen molar-refractivity contribution in [2.75, 3.05) is 0 Å². The van der Waals surface area contributed by atoms with Crippen LogP contribution in [0.5, 0.6) is 0 Å². The van der Waals surface area contributed by atoms with Crippen LogP contribution in [0.1, 0.15) is 0 Å². The van der Waals surface area contributed by atoms with E-state index >= 15 is 0 Å². The Bertz CT molecular complexity index is 32.6. The number of nitrogens with two attached hydrogens (primary N) is 2. The number of aliphatic hydroxyl groups excluding tert-OH is 1. The van der Waals surface area contributed by atoms with E-state index in [4.69, 9.17) is 5.11 Å². The second-order valence-electron chi connectivity index (χ2n) is 0.425. The van der Waals surface area contributed by atoms with Crippen LogP contribution in [0.4, 0.5) is 0 Å². The molecule has 0 aromatic heterocycles. The first-order valence-electron chi connectivity index (χ1n) is 0.801. The second kappa shape index (κ2) is 4.32. The molecule has 0 heterocycles. The third-order valence-corrected chi connectivity index (χ3v) is 0. The van der Waals surface area contributed by atoms with Gasteiger partial charge in [-0.3, -0.25) is 11.1 Å². The largest absolute Gasteiger partial charge is 6.00 e. The minimum absolute atomic E-state index is 0. The third kappa shape index (κ3) is 225. The van der Waals surface area contributed by atoms with Crippen LogP contribution >= 0.6 is 0 Å². The molecule has 0 aliphatic rings. The van der Waals surface area contributed by atoms with Crippen molar-refractivity contribution in [3.63, 3.8) is 0 Å². The average Bonchev–Trinajstić information content (AvgIpc) is 0.811. The third-order valence-electron chi connectivity index (χ3n) is 0. The Hall–Kier alpha value is 0.322. The first-order chi connectivity index (χ1) is 1.73. The fourth-order valence-electron chi connectivity index (χ4n) is 0. The van der Waals surface area contributed by atoms with Crippen LogP contribution in [-0.4, -0.2) is 11.1 Å². The standard InChI is InChI=1S/CH4N2O.U/c2-1(3)4;/h(H4,2,3,4);/q;+6/p+1. The summed E-state index contributed by atoms with van der Waals surface area (Å²) in [6, 6.07) is -0.583. The van der Waals surface area contributed by atoms with Crippen LogP contribution in [0.2, 0.25) is 0 Å². The molecule has 3 nitrogen and oxygen atoms in total. The minimum atomic E-state index is -0.583. The van der Waals surface area contributed by atoms with Crippen molar-refractivity contribution >= 4 is 6.02 Å². The second-order valence-corrected chi connectivity index (χ2v) is 0.425. The normalized spacial score (nSPS) is 4.80. The molecule has 0 unspecified atom stereocenters. The Morgan fingerprint density at radius 3 is 1.80 bits per heavy atom. The number of hydrogen-bond donors (Lipinski definition) is 3. The molecule has 0 aromatic carbocycles. The zero-order chi connectivity index (χ0) is 3.58. The van der Waals surface area contributed by atoms with Crippen molar-refractivity contribution < 1.29 is 41.6 Å². The number of aliphatic hydroxyl groups is 1. The Kier molecular flexibility index (Phi) is 7.79. The number of amidine groups is 1. The molecule has 0 spiro atoms. The van der Waals surface area contributed by atoms with Gasteiger partial charge in [0.25, 0.3) is 0 Å². The molecule has 0 aromatic rings. The molecule has 0 radical (unpaired) electrons. The van der Waals surface area contributed by atoms with Gasteiger partial charge in [0.15, 0.2) is 0 Å². The molecular formula is CH5N2OU+7. The predicted molar refractivity (Wildman–Crippen MR) is 13.7 cm³/mol. The Balaban J connectivity index is 0. The van der Waals surface area contributed by atoms with Gasteiger partial charge in [-0.15, -0.1) is 0 Å². The Morgan fingerprint density at radius 2 is 1.80 bits per heavy atom. The van der Waals surface area contributed by atoms with Gasteiger partial charge < -0.3 is 5.11 Å². The molecule has 5 heavy (non-hydrogen) atoms. The van der Waals surface area contributed by atoms with Gasteiger partial charge in [-0.25, -0.2) is 0 Å². The number of rotatable bonds is 0. The minimum Gasteiger partial charge on any atom is -0.447 e. The molecule has 0 saturated carbocycles. The Morgan fingerprint density at radius 1 is 1.80 bits per heavy atom. The Labute approximate surface area is 53.4 Å². The van der Waals surface area contributed by atoms with Gasteiger partial charge in [0.2, 0.25) is 0 Å². The van der Waals surface area contributed by atoms with Crippen molar-refractivity contribution in [3.8, 4) is 0 Å². The van der Waals surface area contributed by atoms with E-state index in [-0.39, 0.29) is 31.1 Å². The van der Waals surface area contributed by atoms with Crippen molar-refractivity contribution in [3.05, 3.63) is 0 Å². The first-order valence-corrected chi connectivity index (χ1v) is 0.801. The summed E-state index contributed by atoms with van der Waals surface area (Å²) in [4.78, 5) is 0. The summed E-state index contributed by atoms with van der Waals surface area (Å²) in [6.07, 6.45) is 0. The summed E-state index contributed by atoms with van der Waals surface area (Å²) >= 11 is 0. The maximum absolute atomic E-state index is 7.53. The fourth-order valence-corrected chi connectivity index (χ4v) is 0. The monoisotopic (exact) mass is 299 g/mol. The molecule has 0 rings (SSSR count). The molecule has 22 valence electrons. The quantitative estimate of drug-likeness (QED) is 0.345. The van der Waals surface area contributed by atoms with E-state index < -0.39 is 6.02 Å². The summed E-state index contributed by atoms with van der Waals surface area (Å²) < 4.78 is 0. The van der Waals surface area contributed by atoms with Crippen LogP contribution < -0.4 is 11.1 Å². The molecule has 0 amide bonds. The van der Waals surface area contributed by atoms with Gasteiger partial charge in [-0.05, 0) is 0 Å². The molecule has 0 aliphatic heterocycles. The van der Waals surface area contributed by atoms with Crippen molar-refractivity contribution in [2.45, 2.75) is 0 Å². The van der Waals surface area contributed by atoms with Gasteiger partial charge in [0, 0.05) is 0 Å². The van der Waals surface area contributed by atoms with Gasteiger partial charge in [0.1, 0.15) is 0 Å². The zero-order valence-electron chi connectivity index (χ0n) is 2.60. The molecule has 0 bridgehead atoms. The molecular weight excluding hydrogens is 294 g/mol. The topological polar surface area (TPSA) is 71.8 Å². The first kappa shape index (κ1) is 9.01. The SMILES string of the molecule is NC(=[NH2+])O.[U+6]. The summed E-state index contributed by atoms with van der Waals surface area (Å²) in [7, 11) is 0. The van der Waals surface area contributed by atoms with Gasteiger partial charge in [0.05, 0.1) is 0 Å². The molecule has 0 saturated heterocycles. The van der Waals surface area contributed by atoms with Crippen LogP contribution in [0.15, 0.2) is 0 Å². The van der Waals surface area contributed by atoms with E-state index in [2.05, 4.69) is 11.1 Å². The summed E-state index contributed by atoms with van der Waals surface area (Å²) in [5, 5.41) is 11.9. The van der Waals surface area contributed by atoms with Gasteiger partial charge in [-0.1, -0.05) is 0 Å². The molecule has 5 N–H and O–H groups in total. The average molecular weight is 299 g/mol. The van der Waals surface area contributed by atoms with E-state index in [1.165, 1.54) is 0 Å². The van der Waals surface area contributed by atoms with E-state index in [1.54, 1.807) is 0 Å². The number of hydrogen-bond acceptors (Lipinski definition) is 0. The van der Waals surface area contributed by atoms with Crippen molar-refractivity contribution in [1.82, 2.24) is 0 Å². The van der Waals surface area contributed by atoms with Crippen LogP contribution in [-0.2, 0) is 0 Å². The zero-order valence-corrected chi connectivity index (χ0v) is 6.77. The van der Waals surface area contributed by atoms with Gasteiger partial charge >= 0.3 is 37.1 Å². The molecule has 0 aliphatic carbocycles. The van der Waals surface area contributed by atoms with Crippen molar-refractivity contribution in [2.24, 2.45) is 5.73 Å². The van der Waals surface area contributed by atoms with Gasteiger partial charge in [-0.2, -0.15) is 0 Å². The van der Waals surface area contributed by atoms with E-state index in [0.29, 0.717) is 0 Å². The maximum Gasteiger partial charge on any atom is 6.00 e. The summed E-state index contributed by atoms with van der Waals surface area (Å²) in [6.45, 7) is 0. The molecule has 0 fully saturated rings. The fraction of sp³-hybridized carbons (Fsp3) is 0. The van der Waals surface area contributed by atoms with E-state index in [0.717, 1.165) is 0 Å². The smallest absolute Gasteiger partial charge is 0.447 e.